The molecule has 4 heterocycles. The number of H-pyrrole nitrogens is 1. The Kier molecular flexibility index (Phi) is 4.09. The molecule has 9 heteroatoms. The molecule has 6 rings (SSSR count). The fourth-order valence-electron chi connectivity index (χ4n) is 4.19. The van der Waals surface area contributed by atoms with Crippen LogP contribution in [0.1, 0.15) is 36.7 Å². The van der Waals surface area contributed by atoms with Crippen LogP contribution in [0.3, 0.4) is 0 Å². The molecule has 1 saturated carbocycles. The predicted octanol–water partition coefficient (Wildman–Crippen LogP) is 4.02. The highest BCUT2D eigenvalue weighted by Crippen LogP contribution is 2.47. The lowest BCUT2D eigenvalue weighted by atomic mass is 10.1. The van der Waals surface area contributed by atoms with Gasteiger partial charge in [-0.1, -0.05) is 6.92 Å². The van der Waals surface area contributed by atoms with Gasteiger partial charge in [-0.2, -0.15) is 5.10 Å². The van der Waals surface area contributed by atoms with Gasteiger partial charge in [0.25, 0.3) is 0 Å². The highest BCUT2D eigenvalue weighted by molar-refractivity contribution is 5.98. The van der Waals surface area contributed by atoms with E-state index in [1.54, 1.807) is 10.8 Å². The molecule has 0 saturated heterocycles. The van der Waals surface area contributed by atoms with Gasteiger partial charge in [-0.25, -0.2) is 14.8 Å². The molecule has 32 heavy (non-hydrogen) atoms. The quantitative estimate of drug-likeness (QED) is 0.508. The van der Waals surface area contributed by atoms with Gasteiger partial charge in [0.05, 0.1) is 16.8 Å². The monoisotopic (exact) mass is 429 g/mol. The summed E-state index contributed by atoms with van der Waals surface area (Å²) in [5.74, 6) is 1.78. The molecule has 0 spiro atoms. The maximum Gasteiger partial charge on any atom is 0.331 e. The molecule has 1 amide bonds. The third kappa shape index (κ3) is 3.21. The van der Waals surface area contributed by atoms with Crippen LogP contribution in [0, 0.1) is 0 Å². The summed E-state index contributed by atoms with van der Waals surface area (Å²) in [6.07, 6.45) is 5.57. The van der Waals surface area contributed by atoms with Gasteiger partial charge in [0, 0.05) is 41.8 Å². The zero-order chi connectivity index (χ0) is 21.9. The van der Waals surface area contributed by atoms with Crippen molar-refractivity contribution in [1.29, 1.82) is 0 Å². The maximum absolute atomic E-state index is 12.8. The molecule has 2 N–H and O–H groups in total. The Morgan fingerprint density at radius 2 is 2.06 bits per heavy atom. The van der Waals surface area contributed by atoms with Gasteiger partial charge in [-0.15, -0.1) is 0 Å². The van der Waals surface area contributed by atoms with Crippen LogP contribution < -0.4 is 10.1 Å². The number of nitrogens with one attached hydrogen (secondary N) is 2. The Balaban J connectivity index is 1.22. The predicted molar refractivity (Wildman–Crippen MR) is 119 cm³/mol. The molecule has 4 aromatic rings. The molecular weight excluding hydrogens is 406 g/mol. The van der Waals surface area contributed by atoms with Crippen LogP contribution in [-0.2, 0) is 18.5 Å². The van der Waals surface area contributed by atoms with Crippen LogP contribution in [0.15, 0.2) is 42.9 Å². The zero-order valence-electron chi connectivity index (χ0n) is 17.9. The molecule has 1 fully saturated rings. The number of aromatic nitrogens is 5. The van der Waals surface area contributed by atoms with Crippen LogP contribution in [0.5, 0.6) is 11.6 Å². The van der Waals surface area contributed by atoms with E-state index in [-0.39, 0.29) is 11.4 Å². The third-order valence-electron chi connectivity index (χ3n) is 6.40. The Labute approximate surface area is 184 Å². The van der Waals surface area contributed by atoms with Crippen molar-refractivity contribution in [2.24, 2.45) is 0 Å². The van der Waals surface area contributed by atoms with Crippen molar-refractivity contribution in [1.82, 2.24) is 29.6 Å². The first-order valence-electron chi connectivity index (χ1n) is 10.7. The fourth-order valence-corrected chi connectivity index (χ4v) is 4.19. The highest BCUT2D eigenvalue weighted by atomic mass is 16.5. The Hall–Kier alpha value is -3.72. The lowest BCUT2D eigenvalue weighted by Gasteiger charge is -2.09. The number of nitrogens with zero attached hydrogens (tertiary/aromatic N) is 5. The van der Waals surface area contributed by atoms with Crippen molar-refractivity contribution in [2.45, 2.75) is 38.3 Å². The summed E-state index contributed by atoms with van der Waals surface area (Å²) in [6, 6.07) is 9.18. The summed E-state index contributed by atoms with van der Waals surface area (Å²) in [5, 5.41) is 11.1. The van der Waals surface area contributed by atoms with Crippen molar-refractivity contribution >= 4 is 22.8 Å². The highest BCUT2D eigenvalue weighted by Gasteiger charge is 2.40. The van der Waals surface area contributed by atoms with Gasteiger partial charge in [-0.3, -0.25) is 19.9 Å². The van der Waals surface area contributed by atoms with E-state index in [1.807, 2.05) is 37.4 Å². The summed E-state index contributed by atoms with van der Waals surface area (Å²) in [4.78, 5) is 23.7. The first-order chi connectivity index (χ1) is 15.5. The molecule has 0 unspecified atom stereocenters. The topological polar surface area (TPSA) is 101 Å². The van der Waals surface area contributed by atoms with E-state index in [1.165, 1.54) is 6.33 Å². The van der Waals surface area contributed by atoms with E-state index in [0.29, 0.717) is 17.4 Å². The van der Waals surface area contributed by atoms with Gasteiger partial charge in [0.1, 0.15) is 12.1 Å². The van der Waals surface area contributed by atoms with Crippen molar-refractivity contribution in [3.63, 3.8) is 0 Å². The number of hydrogen-bond donors (Lipinski definition) is 2. The summed E-state index contributed by atoms with van der Waals surface area (Å²) in [7, 11) is 2.04. The molecule has 1 aromatic carbocycles. The van der Waals surface area contributed by atoms with Crippen molar-refractivity contribution in [3.8, 4) is 11.6 Å². The van der Waals surface area contributed by atoms with Crippen LogP contribution >= 0.6 is 0 Å². The van der Waals surface area contributed by atoms with Gasteiger partial charge < -0.3 is 4.74 Å². The Morgan fingerprint density at radius 3 is 2.91 bits per heavy atom. The third-order valence-corrected chi connectivity index (χ3v) is 6.40. The van der Waals surface area contributed by atoms with E-state index in [4.69, 9.17) is 4.74 Å². The minimum absolute atomic E-state index is 0.172. The van der Waals surface area contributed by atoms with E-state index in [9.17, 15) is 4.79 Å². The summed E-state index contributed by atoms with van der Waals surface area (Å²) >= 11 is 0. The number of amides is 1. The Bertz CT molecular complexity index is 1350. The first-order valence-corrected chi connectivity index (χ1v) is 10.7. The molecular formula is C23H23N7O2. The van der Waals surface area contributed by atoms with E-state index < -0.39 is 0 Å². The summed E-state index contributed by atoms with van der Waals surface area (Å²) in [6.45, 7) is 3.75. The standard InChI is InChI=1S/C23H23N7O2/c1-23(6-7-23)19-10-20(28-27-19)26-22(31)30-8-5-14-9-15(3-4-18(14)30)32-21-16-11-29(2)12-17(16)24-13-25-21/h3-5,8-10,13H,6-7,11-12H2,1-2H3,(H2,26,27,28,31). The zero-order valence-corrected chi connectivity index (χ0v) is 17.9. The fraction of sp³-hybridized carbons (Fsp3) is 0.304. The van der Waals surface area contributed by atoms with Crippen LogP contribution in [0.25, 0.3) is 10.9 Å². The van der Waals surface area contributed by atoms with Crippen molar-refractivity contribution < 1.29 is 9.53 Å². The largest absolute Gasteiger partial charge is 0.439 e. The van der Waals surface area contributed by atoms with Crippen LogP contribution in [0.2, 0.25) is 0 Å². The lowest BCUT2D eigenvalue weighted by Crippen LogP contribution is -2.18. The summed E-state index contributed by atoms with van der Waals surface area (Å²) in [5.41, 5.74) is 4.04. The molecule has 0 bridgehead atoms. The van der Waals surface area contributed by atoms with Gasteiger partial charge >= 0.3 is 6.03 Å². The number of fused-ring (bicyclic) bond motifs is 2. The van der Waals surface area contributed by atoms with Gasteiger partial charge in [0.2, 0.25) is 5.88 Å². The lowest BCUT2D eigenvalue weighted by molar-refractivity contribution is 0.254. The molecule has 2 aliphatic rings. The molecule has 3 aromatic heterocycles. The molecule has 9 nitrogen and oxygen atoms in total. The minimum atomic E-state index is -0.260. The molecule has 0 atom stereocenters. The second-order valence-corrected chi connectivity index (χ2v) is 8.94. The van der Waals surface area contributed by atoms with Crippen LogP contribution in [0.4, 0.5) is 10.6 Å². The number of benzene rings is 1. The first kappa shape index (κ1) is 19.0. The molecule has 1 aliphatic carbocycles. The second kappa shape index (κ2) is 6.89. The number of anilines is 1. The average molecular weight is 429 g/mol. The number of ether oxygens (including phenoxy) is 1. The summed E-state index contributed by atoms with van der Waals surface area (Å²) < 4.78 is 7.65. The molecule has 1 aliphatic heterocycles. The smallest absolute Gasteiger partial charge is 0.331 e. The van der Waals surface area contributed by atoms with Crippen LogP contribution in [-0.4, -0.2) is 42.7 Å². The van der Waals surface area contributed by atoms with E-state index in [0.717, 1.165) is 53.8 Å². The maximum atomic E-state index is 12.8. The number of carbonyl (C=O) groups excluding carboxylic acids is 1. The minimum Gasteiger partial charge on any atom is -0.439 e. The number of hydrogen-bond acceptors (Lipinski definition) is 6. The number of rotatable bonds is 4. The Morgan fingerprint density at radius 1 is 1.19 bits per heavy atom. The van der Waals surface area contributed by atoms with E-state index >= 15 is 0 Å². The molecule has 162 valence electrons. The normalized spacial score (nSPS) is 16.8. The molecule has 0 radical (unpaired) electrons. The number of aromatic amines is 1. The van der Waals surface area contributed by atoms with Crippen molar-refractivity contribution in [3.05, 3.63) is 59.8 Å². The second-order valence-electron chi connectivity index (χ2n) is 8.94. The number of carbonyl (C=O) groups is 1. The SMILES string of the molecule is CN1Cc2ncnc(Oc3ccc4c(ccn4C(=O)Nc4cc(C5(C)CC5)[nH]n4)c3)c2C1. The van der Waals surface area contributed by atoms with Crippen molar-refractivity contribution in [2.75, 3.05) is 12.4 Å². The average Bonchev–Trinajstić information content (AvgIpc) is 3.15. The van der Waals surface area contributed by atoms with Gasteiger partial charge in [0.15, 0.2) is 5.82 Å². The van der Waals surface area contributed by atoms with E-state index in [2.05, 4.69) is 37.3 Å². The van der Waals surface area contributed by atoms with Gasteiger partial charge in [-0.05, 0) is 44.2 Å².